The molecule has 0 saturated carbocycles. The Bertz CT molecular complexity index is 481. The highest BCUT2D eigenvalue weighted by molar-refractivity contribution is 5.92. The zero-order valence-electron chi connectivity index (χ0n) is 13.0. The van der Waals surface area contributed by atoms with Crippen LogP contribution in [0, 0.1) is 5.92 Å². The number of carboxylic acid groups (broad SMARTS) is 1. The summed E-state index contributed by atoms with van der Waals surface area (Å²) < 4.78 is 0. The summed E-state index contributed by atoms with van der Waals surface area (Å²) in [5, 5.41) is 14.2. The van der Waals surface area contributed by atoms with E-state index in [0.29, 0.717) is 18.0 Å². The quantitative estimate of drug-likeness (QED) is 0.751. The second-order valence-electron chi connectivity index (χ2n) is 5.90. The van der Waals surface area contributed by atoms with Crippen LogP contribution < -0.4 is 10.6 Å². The van der Waals surface area contributed by atoms with E-state index in [1.807, 2.05) is 38.1 Å². The van der Waals surface area contributed by atoms with Gasteiger partial charge in [-0.3, -0.25) is 0 Å². The summed E-state index contributed by atoms with van der Waals surface area (Å²) in [4.78, 5) is 22.9. The van der Waals surface area contributed by atoms with Crippen molar-refractivity contribution in [1.29, 1.82) is 0 Å². The van der Waals surface area contributed by atoms with Crippen molar-refractivity contribution in [3.63, 3.8) is 0 Å². The van der Waals surface area contributed by atoms with Crippen molar-refractivity contribution in [2.45, 2.75) is 46.1 Å². The van der Waals surface area contributed by atoms with Gasteiger partial charge < -0.3 is 15.7 Å². The Hall–Kier alpha value is -2.04. The molecule has 1 aromatic rings. The summed E-state index contributed by atoms with van der Waals surface area (Å²) in [6, 6.07) is 6.15. The molecule has 0 aromatic heterocycles. The molecular formula is C16H24N2O3. The molecule has 21 heavy (non-hydrogen) atoms. The van der Waals surface area contributed by atoms with Crippen LogP contribution in [-0.2, 0) is 4.79 Å². The van der Waals surface area contributed by atoms with Crippen LogP contribution in [0.2, 0.25) is 0 Å². The maximum Gasteiger partial charge on any atom is 0.326 e. The smallest absolute Gasteiger partial charge is 0.326 e. The SMILES string of the molecule is CC(C)C[C@@H](NC(=O)Nc1ccc(C(C)C)cc1)C(=O)O. The van der Waals surface area contributed by atoms with Gasteiger partial charge in [0.25, 0.3) is 0 Å². The second kappa shape index (κ2) is 7.67. The van der Waals surface area contributed by atoms with E-state index in [-0.39, 0.29) is 5.92 Å². The van der Waals surface area contributed by atoms with Crippen molar-refractivity contribution < 1.29 is 14.7 Å². The van der Waals surface area contributed by atoms with Gasteiger partial charge in [0.1, 0.15) is 6.04 Å². The van der Waals surface area contributed by atoms with Crippen molar-refractivity contribution in [2.24, 2.45) is 5.92 Å². The molecule has 3 N–H and O–H groups in total. The molecule has 1 rings (SSSR count). The van der Waals surface area contributed by atoms with Gasteiger partial charge in [-0.15, -0.1) is 0 Å². The number of benzene rings is 1. The fourth-order valence-corrected chi connectivity index (χ4v) is 1.97. The van der Waals surface area contributed by atoms with E-state index in [9.17, 15) is 9.59 Å². The van der Waals surface area contributed by atoms with Crippen molar-refractivity contribution >= 4 is 17.7 Å². The molecule has 0 aliphatic rings. The number of urea groups is 1. The van der Waals surface area contributed by atoms with Crippen LogP contribution in [0.4, 0.5) is 10.5 Å². The Morgan fingerprint density at radius 1 is 1.10 bits per heavy atom. The van der Waals surface area contributed by atoms with E-state index in [2.05, 4.69) is 24.5 Å². The number of hydrogen-bond acceptors (Lipinski definition) is 2. The first-order chi connectivity index (χ1) is 9.79. The van der Waals surface area contributed by atoms with E-state index in [1.54, 1.807) is 0 Å². The average Bonchev–Trinajstić information content (AvgIpc) is 2.37. The first kappa shape index (κ1) is 17.0. The minimum atomic E-state index is -1.02. The number of rotatable bonds is 6. The molecule has 0 aliphatic carbocycles. The van der Waals surface area contributed by atoms with Crippen LogP contribution in [-0.4, -0.2) is 23.1 Å². The van der Waals surface area contributed by atoms with E-state index in [1.165, 1.54) is 5.56 Å². The van der Waals surface area contributed by atoms with Crippen LogP contribution in [0.15, 0.2) is 24.3 Å². The minimum Gasteiger partial charge on any atom is -0.480 e. The molecule has 2 amide bonds. The lowest BCUT2D eigenvalue weighted by atomic mass is 10.0. The predicted molar refractivity (Wildman–Crippen MR) is 83.6 cm³/mol. The van der Waals surface area contributed by atoms with Gasteiger partial charge in [0.05, 0.1) is 0 Å². The van der Waals surface area contributed by atoms with Crippen molar-refractivity contribution in [3.05, 3.63) is 29.8 Å². The molecule has 5 heteroatoms. The Labute approximate surface area is 125 Å². The zero-order valence-corrected chi connectivity index (χ0v) is 13.0. The van der Waals surface area contributed by atoms with Gasteiger partial charge in [-0.05, 0) is 36.0 Å². The normalized spacial score (nSPS) is 12.3. The Morgan fingerprint density at radius 3 is 2.10 bits per heavy atom. The number of anilines is 1. The van der Waals surface area contributed by atoms with Gasteiger partial charge in [0, 0.05) is 5.69 Å². The molecule has 0 radical (unpaired) electrons. The molecule has 0 bridgehead atoms. The van der Waals surface area contributed by atoms with Crippen LogP contribution in [0.1, 0.15) is 45.6 Å². The molecule has 0 heterocycles. The number of nitrogens with one attached hydrogen (secondary N) is 2. The molecule has 0 unspecified atom stereocenters. The highest BCUT2D eigenvalue weighted by Gasteiger charge is 2.20. The first-order valence-electron chi connectivity index (χ1n) is 7.20. The number of hydrogen-bond donors (Lipinski definition) is 3. The fourth-order valence-electron chi connectivity index (χ4n) is 1.97. The predicted octanol–water partition coefficient (Wildman–Crippen LogP) is 3.43. The van der Waals surface area contributed by atoms with Crippen LogP contribution >= 0.6 is 0 Å². The third-order valence-corrected chi connectivity index (χ3v) is 3.15. The van der Waals surface area contributed by atoms with E-state index in [4.69, 9.17) is 5.11 Å². The first-order valence-corrected chi connectivity index (χ1v) is 7.20. The van der Waals surface area contributed by atoms with Crippen LogP contribution in [0.5, 0.6) is 0 Å². The third kappa shape index (κ3) is 5.85. The lowest BCUT2D eigenvalue weighted by Gasteiger charge is -2.17. The number of amides is 2. The number of carbonyl (C=O) groups is 2. The van der Waals surface area contributed by atoms with Crippen molar-refractivity contribution in [2.75, 3.05) is 5.32 Å². The Morgan fingerprint density at radius 2 is 1.67 bits per heavy atom. The van der Waals surface area contributed by atoms with Crippen molar-refractivity contribution in [3.8, 4) is 0 Å². The van der Waals surface area contributed by atoms with Gasteiger partial charge in [-0.25, -0.2) is 9.59 Å². The van der Waals surface area contributed by atoms with Gasteiger partial charge in [-0.1, -0.05) is 39.8 Å². The van der Waals surface area contributed by atoms with E-state index < -0.39 is 18.0 Å². The number of carboxylic acids is 1. The molecule has 0 aliphatic heterocycles. The van der Waals surface area contributed by atoms with E-state index >= 15 is 0 Å². The monoisotopic (exact) mass is 292 g/mol. The Balaban J connectivity index is 2.61. The largest absolute Gasteiger partial charge is 0.480 e. The molecular weight excluding hydrogens is 268 g/mol. The molecule has 1 aromatic carbocycles. The van der Waals surface area contributed by atoms with E-state index in [0.717, 1.165) is 0 Å². The molecule has 0 saturated heterocycles. The molecule has 116 valence electrons. The summed E-state index contributed by atoms with van der Waals surface area (Å²) in [7, 11) is 0. The van der Waals surface area contributed by atoms with Gasteiger partial charge >= 0.3 is 12.0 Å². The minimum absolute atomic E-state index is 0.191. The summed E-state index contributed by atoms with van der Waals surface area (Å²) in [5.41, 5.74) is 1.83. The molecule has 1 atom stereocenters. The molecule has 5 nitrogen and oxygen atoms in total. The lowest BCUT2D eigenvalue weighted by Crippen LogP contribution is -2.43. The fraction of sp³-hybridized carbons (Fsp3) is 0.500. The average molecular weight is 292 g/mol. The molecule has 0 spiro atoms. The molecule has 0 fully saturated rings. The summed E-state index contributed by atoms with van der Waals surface area (Å²) in [5.74, 6) is -0.402. The van der Waals surface area contributed by atoms with Gasteiger partial charge in [0.15, 0.2) is 0 Å². The topological polar surface area (TPSA) is 78.4 Å². The van der Waals surface area contributed by atoms with Crippen LogP contribution in [0.25, 0.3) is 0 Å². The number of carbonyl (C=O) groups excluding carboxylic acids is 1. The zero-order chi connectivity index (χ0) is 16.0. The summed E-state index contributed by atoms with van der Waals surface area (Å²) >= 11 is 0. The lowest BCUT2D eigenvalue weighted by molar-refractivity contribution is -0.139. The third-order valence-electron chi connectivity index (χ3n) is 3.15. The Kier molecular flexibility index (Phi) is 6.21. The second-order valence-corrected chi connectivity index (χ2v) is 5.90. The highest BCUT2D eigenvalue weighted by atomic mass is 16.4. The standard InChI is InChI=1S/C16H24N2O3/c1-10(2)9-14(15(19)20)18-16(21)17-13-7-5-12(6-8-13)11(3)4/h5-8,10-11,14H,9H2,1-4H3,(H,19,20)(H2,17,18,21)/t14-/m1/s1. The maximum atomic E-state index is 11.8. The summed E-state index contributed by atoms with van der Waals surface area (Å²) in [6.07, 6.45) is 0.398. The number of aliphatic carboxylic acids is 1. The summed E-state index contributed by atoms with van der Waals surface area (Å²) in [6.45, 7) is 8.03. The van der Waals surface area contributed by atoms with Gasteiger partial charge in [0.2, 0.25) is 0 Å². The maximum absolute atomic E-state index is 11.8. The van der Waals surface area contributed by atoms with Gasteiger partial charge in [-0.2, -0.15) is 0 Å². The highest BCUT2D eigenvalue weighted by Crippen LogP contribution is 2.17. The van der Waals surface area contributed by atoms with Crippen molar-refractivity contribution in [1.82, 2.24) is 5.32 Å². The van der Waals surface area contributed by atoms with Crippen LogP contribution in [0.3, 0.4) is 0 Å².